The average Bonchev–Trinajstić information content (AvgIpc) is 2.82. The third-order valence-corrected chi connectivity index (χ3v) is 3.06. The molecule has 0 atom stereocenters. The fourth-order valence-corrected chi connectivity index (χ4v) is 2.37. The Bertz CT molecular complexity index is 591. The van der Waals surface area contributed by atoms with Gasteiger partial charge in [0.1, 0.15) is 0 Å². The molecule has 0 amide bonds. The monoisotopic (exact) mass is 537 g/mol. The van der Waals surface area contributed by atoms with E-state index in [0.717, 1.165) is 22.8 Å². The first-order chi connectivity index (χ1) is 9.22. The van der Waals surface area contributed by atoms with Crippen molar-refractivity contribution in [1.29, 1.82) is 0 Å². The standard InChI is InChI=1S/2C6H8N2S2.Pt/c2*1-4-3-5(2)8(7-4)6(9)10;/h2*3H,1-2H3,(H,9,10);/q;;+2/p-2. The van der Waals surface area contributed by atoms with E-state index in [1.807, 2.05) is 39.8 Å². The summed E-state index contributed by atoms with van der Waals surface area (Å²) in [5, 5.41) is 8.16. The van der Waals surface area contributed by atoms with E-state index in [-0.39, 0.29) is 21.1 Å². The molecular formula is C12H14N4PtS4. The molecule has 9 heteroatoms. The van der Waals surface area contributed by atoms with Gasteiger partial charge in [-0.15, -0.1) is 0 Å². The van der Waals surface area contributed by atoms with Crippen LogP contribution in [0.2, 0.25) is 0 Å². The van der Waals surface area contributed by atoms with Gasteiger partial charge in [0.15, 0.2) is 0 Å². The SMILES string of the molecule is Cc1cc(C)n(C(=S)[S-])n1.Cc1cc(C)n(C(=S)[S-])n1.[Pt+2]. The summed E-state index contributed by atoms with van der Waals surface area (Å²) in [6.45, 7) is 7.69. The van der Waals surface area contributed by atoms with E-state index in [1.165, 1.54) is 0 Å². The summed E-state index contributed by atoms with van der Waals surface area (Å²) >= 11 is 19.1. The van der Waals surface area contributed by atoms with Gasteiger partial charge in [-0.25, -0.2) is 0 Å². The Kier molecular flexibility index (Phi) is 8.88. The molecular weight excluding hydrogens is 524 g/mol. The summed E-state index contributed by atoms with van der Waals surface area (Å²) in [5.41, 5.74) is 3.89. The molecule has 2 aromatic heterocycles. The van der Waals surface area contributed by atoms with E-state index in [4.69, 9.17) is 49.7 Å². The zero-order chi connectivity index (χ0) is 15.4. The van der Waals surface area contributed by atoms with E-state index < -0.39 is 0 Å². The summed E-state index contributed by atoms with van der Waals surface area (Å²) in [4.78, 5) is 0. The minimum absolute atomic E-state index is 0. The van der Waals surface area contributed by atoms with Crippen LogP contribution in [0.15, 0.2) is 12.1 Å². The molecule has 2 aromatic rings. The molecule has 0 N–H and O–H groups in total. The molecule has 0 aromatic carbocycles. The molecule has 2 heterocycles. The number of nitrogens with zero attached hydrogens (tertiary/aromatic N) is 4. The maximum atomic E-state index is 4.78. The molecule has 0 unspecified atom stereocenters. The third kappa shape index (κ3) is 6.16. The van der Waals surface area contributed by atoms with Gasteiger partial charge < -0.3 is 49.7 Å². The van der Waals surface area contributed by atoms with Gasteiger partial charge in [-0.05, 0) is 48.5 Å². The van der Waals surface area contributed by atoms with Crippen molar-refractivity contribution in [2.45, 2.75) is 27.7 Å². The second kappa shape index (κ2) is 9.00. The second-order valence-electron chi connectivity index (χ2n) is 4.21. The topological polar surface area (TPSA) is 35.6 Å². The fraction of sp³-hybridized carbons (Fsp3) is 0.333. The summed E-state index contributed by atoms with van der Waals surface area (Å²) in [7, 11) is 0. The van der Waals surface area contributed by atoms with Crippen LogP contribution in [0.5, 0.6) is 0 Å². The summed E-state index contributed by atoms with van der Waals surface area (Å²) in [6.07, 6.45) is 0. The van der Waals surface area contributed by atoms with Gasteiger partial charge in [0.2, 0.25) is 0 Å². The van der Waals surface area contributed by atoms with Crippen molar-refractivity contribution in [3.63, 3.8) is 0 Å². The van der Waals surface area contributed by atoms with Gasteiger partial charge in [0.25, 0.3) is 0 Å². The van der Waals surface area contributed by atoms with E-state index in [0.29, 0.717) is 8.64 Å². The number of hydrogen-bond acceptors (Lipinski definition) is 6. The Balaban J connectivity index is 0.000000364. The Labute approximate surface area is 160 Å². The normalized spacial score (nSPS) is 9.33. The molecule has 0 aliphatic carbocycles. The van der Waals surface area contributed by atoms with Crippen molar-refractivity contribution in [3.05, 3.63) is 34.9 Å². The first kappa shape index (κ1) is 20.7. The number of aromatic nitrogens is 4. The molecule has 2 rings (SSSR count). The van der Waals surface area contributed by atoms with Crippen molar-refractivity contribution < 1.29 is 21.1 Å². The minimum Gasteiger partial charge on any atom is -0.409 e. The minimum atomic E-state index is 0. The molecule has 116 valence electrons. The van der Waals surface area contributed by atoms with E-state index in [9.17, 15) is 0 Å². The van der Waals surface area contributed by atoms with Gasteiger partial charge in [-0.2, -0.15) is 10.2 Å². The second-order valence-corrected chi connectivity index (χ2v) is 6.27. The van der Waals surface area contributed by atoms with E-state index >= 15 is 0 Å². The van der Waals surface area contributed by atoms with E-state index in [2.05, 4.69) is 10.2 Å². The van der Waals surface area contributed by atoms with Crippen LogP contribution in [0.3, 0.4) is 0 Å². The zero-order valence-corrected chi connectivity index (χ0v) is 17.4. The average molecular weight is 538 g/mol. The smallest absolute Gasteiger partial charge is 0.409 e. The van der Waals surface area contributed by atoms with Crippen LogP contribution in [-0.2, 0) is 46.3 Å². The van der Waals surface area contributed by atoms with Crippen LogP contribution in [0.25, 0.3) is 0 Å². The van der Waals surface area contributed by atoms with Crippen LogP contribution < -0.4 is 0 Å². The van der Waals surface area contributed by atoms with Gasteiger partial charge in [0.05, 0.1) is 11.4 Å². The zero-order valence-electron chi connectivity index (χ0n) is 11.9. The number of aryl methyl sites for hydroxylation is 4. The number of thiocarbonyl (C=S) groups is 2. The molecule has 4 nitrogen and oxygen atoms in total. The van der Waals surface area contributed by atoms with Crippen LogP contribution >= 0.6 is 24.4 Å². The van der Waals surface area contributed by atoms with Crippen LogP contribution in [0.1, 0.15) is 22.8 Å². The van der Waals surface area contributed by atoms with Gasteiger partial charge in [-0.3, -0.25) is 9.36 Å². The van der Waals surface area contributed by atoms with Gasteiger partial charge in [-0.1, -0.05) is 0 Å². The Morgan fingerprint density at radius 1 is 0.857 bits per heavy atom. The molecule has 0 aliphatic heterocycles. The third-order valence-electron chi connectivity index (χ3n) is 2.37. The number of rotatable bonds is 0. The first-order valence-corrected chi connectivity index (χ1v) is 7.35. The summed E-state index contributed by atoms with van der Waals surface area (Å²) in [5.74, 6) is 0. The molecule has 0 aliphatic rings. The van der Waals surface area contributed by atoms with Crippen LogP contribution in [-0.4, -0.2) is 28.2 Å². The molecule has 0 radical (unpaired) electrons. The quantitative estimate of drug-likeness (QED) is 0.380. The van der Waals surface area contributed by atoms with Crippen LogP contribution in [0.4, 0.5) is 0 Å². The van der Waals surface area contributed by atoms with Crippen molar-refractivity contribution in [2.24, 2.45) is 0 Å². The van der Waals surface area contributed by atoms with Crippen molar-refractivity contribution in [2.75, 3.05) is 0 Å². The maximum absolute atomic E-state index is 4.78. The Hall–Kier alpha value is -0.272. The molecule has 0 spiro atoms. The molecule has 0 saturated heterocycles. The molecule has 0 saturated carbocycles. The molecule has 21 heavy (non-hydrogen) atoms. The van der Waals surface area contributed by atoms with Crippen molar-refractivity contribution in [1.82, 2.24) is 19.6 Å². The fourth-order valence-electron chi connectivity index (χ4n) is 1.63. The van der Waals surface area contributed by atoms with Crippen molar-refractivity contribution in [3.8, 4) is 0 Å². The predicted octanol–water partition coefficient (Wildman–Crippen LogP) is 2.36. The Morgan fingerprint density at radius 2 is 1.14 bits per heavy atom. The number of hydrogen-bond donors (Lipinski definition) is 0. The molecule has 0 bridgehead atoms. The molecule has 0 fully saturated rings. The summed E-state index contributed by atoms with van der Waals surface area (Å²) in [6, 6.07) is 3.89. The van der Waals surface area contributed by atoms with Gasteiger partial charge >= 0.3 is 21.1 Å². The maximum Gasteiger partial charge on any atom is 2.00 e. The first-order valence-electron chi connectivity index (χ1n) is 5.71. The largest absolute Gasteiger partial charge is 2.00 e. The van der Waals surface area contributed by atoms with Gasteiger partial charge in [0, 0.05) is 11.4 Å². The van der Waals surface area contributed by atoms with E-state index in [1.54, 1.807) is 9.36 Å². The summed E-state index contributed by atoms with van der Waals surface area (Å²) < 4.78 is 3.93. The van der Waals surface area contributed by atoms with Crippen molar-refractivity contribution >= 4 is 58.3 Å². The predicted molar refractivity (Wildman–Crippen MR) is 94.1 cm³/mol. The van der Waals surface area contributed by atoms with Crippen LogP contribution in [0, 0.1) is 27.7 Å². The Morgan fingerprint density at radius 3 is 1.24 bits per heavy atom.